The van der Waals surface area contributed by atoms with Crippen molar-refractivity contribution in [3.8, 4) is 28.3 Å². The fourth-order valence-corrected chi connectivity index (χ4v) is 10.9. The molecule has 0 aliphatic rings. The summed E-state index contributed by atoms with van der Waals surface area (Å²) >= 11 is 0. The molecule has 0 amide bonds. The van der Waals surface area contributed by atoms with Crippen LogP contribution in [0.15, 0.2) is 199 Å². The first-order valence-electron chi connectivity index (χ1n) is 21.5. The molecule has 0 aliphatic heterocycles. The molecule has 0 unspecified atom stereocenters. The smallest absolute Gasteiger partial charge is 0.235 e. The highest BCUT2D eigenvalue weighted by Gasteiger charge is 2.23. The van der Waals surface area contributed by atoms with E-state index < -0.39 is 0 Å². The van der Waals surface area contributed by atoms with Gasteiger partial charge < -0.3 is 8.82 Å². The van der Waals surface area contributed by atoms with Crippen molar-refractivity contribution in [2.24, 2.45) is 0 Å². The van der Waals surface area contributed by atoms with Crippen molar-refractivity contribution in [1.29, 1.82) is 0 Å². The van der Waals surface area contributed by atoms with Gasteiger partial charge in [-0.3, -0.25) is 4.57 Å². The number of hydrogen-bond acceptors (Lipinski definition) is 3. The van der Waals surface area contributed by atoms with Crippen LogP contribution in [0.4, 0.5) is 0 Å². The lowest BCUT2D eigenvalue weighted by Crippen LogP contribution is -2.03. The Hall–Kier alpha value is -8.54. The van der Waals surface area contributed by atoms with Crippen LogP contribution in [0.25, 0.3) is 143 Å². The van der Waals surface area contributed by atoms with Crippen molar-refractivity contribution in [2.45, 2.75) is 0 Å². The van der Waals surface area contributed by atoms with E-state index in [2.05, 4.69) is 191 Å². The lowest BCUT2D eigenvalue weighted by Gasteiger charge is -2.14. The number of aromatic nitrogens is 4. The Morgan fingerprint density at radius 3 is 1.95 bits per heavy atom. The van der Waals surface area contributed by atoms with Gasteiger partial charge in [0.2, 0.25) is 5.95 Å². The lowest BCUT2D eigenvalue weighted by molar-refractivity contribution is 0.670. The summed E-state index contributed by atoms with van der Waals surface area (Å²) in [4.78, 5) is 11.0. The minimum atomic E-state index is 0.642. The van der Waals surface area contributed by atoms with Gasteiger partial charge in [0.1, 0.15) is 11.2 Å². The summed E-state index contributed by atoms with van der Waals surface area (Å²) in [6.45, 7) is 0. The van der Waals surface area contributed by atoms with Crippen molar-refractivity contribution in [3.63, 3.8) is 0 Å². The van der Waals surface area contributed by atoms with Gasteiger partial charge >= 0.3 is 0 Å². The highest BCUT2D eigenvalue weighted by molar-refractivity contribution is 6.28. The summed E-state index contributed by atoms with van der Waals surface area (Å²) in [6.07, 6.45) is 0. The maximum Gasteiger partial charge on any atom is 0.235 e. The molecule has 0 fully saturated rings. The predicted molar refractivity (Wildman–Crippen MR) is 262 cm³/mol. The van der Waals surface area contributed by atoms with E-state index >= 15 is 0 Å². The minimum absolute atomic E-state index is 0.642. The minimum Gasteiger partial charge on any atom is -0.455 e. The van der Waals surface area contributed by atoms with Crippen LogP contribution >= 0.6 is 0 Å². The number of benzene rings is 10. The molecule has 10 aromatic carbocycles. The summed E-state index contributed by atoms with van der Waals surface area (Å²) in [6, 6.07) is 69.9. The molecule has 290 valence electrons. The van der Waals surface area contributed by atoms with E-state index in [0.717, 1.165) is 77.0 Å². The van der Waals surface area contributed by atoms with Gasteiger partial charge in [0.05, 0.1) is 38.8 Å². The van der Waals surface area contributed by atoms with Crippen LogP contribution < -0.4 is 0 Å². The second kappa shape index (κ2) is 12.1. The molecule has 0 atom stereocenters. The van der Waals surface area contributed by atoms with Gasteiger partial charge in [0, 0.05) is 65.0 Å². The van der Waals surface area contributed by atoms with Crippen LogP contribution in [0, 0.1) is 0 Å². The molecule has 0 saturated heterocycles. The number of para-hydroxylation sites is 5. The average Bonchev–Trinajstić information content (AvgIpc) is 4.09. The summed E-state index contributed by atoms with van der Waals surface area (Å²) in [5, 5.41) is 15.4. The fraction of sp³-hybridized carbons (Fsp3) is 0. The zero-order valence-electron chi connectivity index (χ0n) is 33.7. The molecule has 15 aromatic rings. The first-order valence-corrected chi connectivity index (χ1v) is 21.5. The highest BCUT2D eigenvalue weighted by Crippen LogP contribution is 2.44. The maximum atomic E-state index is 6.44. The van der Waals surface area contributed by atoms with E-state index in [1.807, 2.05) is 12.1 Å². The molecule has 0 spiro atoms. The van der Waals surface area contributed by atoms with Gasteiger partial charge in [-0.15, -0.1) is 0 Å². The van der Waals surface area contributed by atoms with Crippen molar-refractivity contribution in [2.75, 3.05) is 0 Å². The zero-order valence-corrected chi connectivity index (χ0v) is 33.7. The third-order valence-corrected chi connectivity index (χ3v) is 13.6. The SMILES string of the molecule is c1ccc2c(c1)ccc1c(-c3ccc(-c4cccc5c4oc4ccccc45)cc3)nc(-n3c4ccccc4c4c5cc6c7cccc8c9ccccc9n(c6cc5ccc43)c87)nc12. The number of fused-ring (bicyclic) bond motifs is 17. The molecule has 5 heterocycles. The quantitative estimate of drug-likeness (QED) is 0.167. The molecule has 5 nitrogen and oxygen atoms in total. The van der Waals surface area contributed by atoms with Gasteiger partial charge in [0.15, 0.2) is 0 Å². The molecule has 63 heavy (non-hydrogen) atoms. The van der Waals surface area contributed by atoms with E-state index in [1.54, 1.807) is 0 Å². The molecule has 5 heteroatoms. The van der Waals surface area contributed by atoms with Crippen molar-refractivity contribution in [1.82, 2.24) is 18.9 Å². The topological polar surface area (TPSA) is 48.3 Å². The number of hydrogen-bond donors (Lipinski definition) is 0. The van der Waals surface area contributed by atoms with Gasteiger partial charge in [-0.2, -0.15) is 0 Å². The van der Waals surface area contributed by atoms with Crippen molar-refractivity contribution < 1.29 is 4.42 Å². The monoisotopic (exact) mass is 800 g/mol. The largest absolute Gasteiger partial charge is 0.455 e. The molecule has 0 saturated carbocycles. The van der Waals surface area contributed by atoms with Crippen LogP contribution in [0.2, 0.25) is 0 Å². The summed E-state index contributed by atoms with van der Waals surface area (Å²) < 4.78 is 11.2. The Kier molecular flexibility index (Phi) is 6.36. The number of furan rings is 1. The van der Waals surface area contributed by atoms with Crippen LogP contribution in [0.5, 0.6) is 0 Å². The van der Waals surface area contributed by atoms with Crippen LogP contribution in [0.3, 0.4) is 0 Å². The molecule has 0 N–H and O–H groups in total. The summed E-state index contributed by atoms with van der Waals surface area (Å²) in [7, 11) is 0. The second-order valence-electron chi connectivity index (χ2n) is 16.9. The second-order valence-corrected chi connectivity index (χ2v) is 16.9. The van der Waals surface area contributed by atoms with Gasteiger partial charge in [-0.05, 0) is 64.2 Å². The molecule has 15 rings (SSSR count). The molecular weight excluding hydrogens is 769 g/mol. The van der Waals surface area contributed by atoms with E-state index in [4.69, 9.17) is 14.4 Å². The number of rotatable bonds is 3. The van der Waals surface area contributed by atoms with Gasteiger partial charge in [-0.1, -0.05) is 152 Å². The van der Waals surface area contributed by atoms with E-state index in [-0.39, 0.29) is 0 Å². The Balaban J connectivity index is 0.978. The summed E-state index contributed by atoms with van der Waals surface area (Å²) in [5.74, 6) is 0.642. The maximum absolute atomic E-state index is 6.44. The molecule has 0 radical (unpaired) electrons. The normalized spacial score (nSPS) is 12.4. The lowest BCUT2D eigenvalue weighted by atomic mass is 9.98. The van der Waals surface area contributed by atoms with E-state index in [1.165, 1.54) is 59.6 Å². The third kappa shape index (κ3) is 4.40. The predicted octanol–water partition coefficient (Wildman–Crippen LogP) is 15.4. The zero-order chi connectivity index (χ0) is 40.9. The Morgan fingerprint density at radius 1 is 0.381 bits per heavy atom. The van der Waals surface area contributed by atoms with Crippen molar-refractivity contribution >= 4 is 114 Å². The van der Waals surface area contributed by atoms with Gasteiger partial charge in [0.25, 0.3) is 0 Å². The Bertz CT molecular complexity index is 4440. The standard InChI is InChI=1S/C58H32N4O/c1-2-12-37-33(11-1)27-29-45-54(35-25-23-34(24-26-35)38-16-9-19-43-40-14-5-8-22-52(40)63-57(38)43)59-58(60-55(37)45)62-49-21-7-4-15-44(49)53-46-32-47-42-18-10-17-41-39-13-3-6-20-48(39)61(56(41)42)51(47)31-36(46)28-30-50(53)62/h1-32H. The first kappa shape index (κ1) is 33.2. The van der Waals surface area contributed by atoms with Crippen molar-refractivity contribution in [3.05, 3.63) is 194 Å². The van der Waals surface area contributed by atoms with E-state index in [9.17, 15) is 0 Å². The third-order valence-electron chi connectivity index (χ3n) is 13.6. The van der Waals surface area contributed by atoms with E-state index in [0.29, 0.717) is 5.95 Å². The number of nitrogens with zero attached hydrogens (tertiary/aromatic N) is 4. The average molecular weight is 801 g/mol. The molecule has 0 bridgehead atoms. The van der Waals surface area contributed by atoms with Crippen LogP contribution in [0.1, 0.15) is 0 Å². The summed E-state index contributed by atoms with van der Waals surface area (Å²) in [5.41, 5.74) is 12.7. The fourth-order valence-electron chi connectivity index (χ4n) is 10.9. The molecule has 5 aromatic heterocycles. The van der Waals surface area contributed by atoms with Gasteiger partial charge in [-0.25, -0.2) is 9.97 Å². The van der Waals surface area contributed by atoms with Crippen LogP contribution in [-0.2, 0) is 0 Å². The molecular formula is C58H32N4O. The first-order chi connectivity index (χ1) is 31.2. The highest BCUT2D eigenvalue weighted by atomic mass is 16.3. The molecule has 0 aliphatic carbocycles. The Morgan fingerprint density at radius 2 is 1.06 bits per heavy atom. The van der Waals surface area contributed by atoms with Crippen LogP contribution in [-0.4, -0.2) is 18.9 Å². The Labute approximate surface area is 358 Å².